The minimum Gasteiger partial charge on any atom is -0.335 e. The minimum atomic E-state index is -0.105. The highest BCUT2D eigenvalue weighted by atomic mass is 16.1. The van der Waals surface area contributed by atoms with Crippen LogP contribution in [0.4, 0.5) is 5.95 Å². The fraction of sp³-hybridized carbons (Fsp3) is 0.294. The van der Waals surface area contributed by atoms with Crippen molar-refractivity contribution in [1.82, 2.24) is 9.97 Å². The Labute approximate surface area is 124 Å². The number of anilines is 1. The maximum atomic E-state index is 12.3. The van der Waals surface area contributed by atoms with Crippen LogP contribution in [0.5, 0.6) is 0 Å². The van der Waals surface area contributed by atoms with Crippen LogP contribution in [0.25, 0.3) is 10.9 Å². The number of benzene rings is 1. The van der Waals surface area contributed by atoms with Crippen molar-refractivity contribution in [2.24, 2.45) is 0 Å². The second-order valence-electron chi connectivity index (χ2n) is 4.97. The summed E-state index contributed by atoms with van der Waals surface area (Å²) in [5, 5.41) is 0.641. The van der Waals surface area contributed by atoms with Gasteiger partial charge in [-0.2, -0.15) is 0 Å². The molecule has 0 aliphatic carbocycles. The molecule has 0 unspecified atom stereocenters. The Morgan fingerprint density at radius 1 is 1.29 bits per heavy atom. The van der Waals surface area contributed by atoms with Gasteiger partial charge in [0.2, 0.25) is 5.95 Å². The molecule has 0 saturated carbocycles. The summed E-state index contributed by atoms with van der Waals surface area (Å²) in [5.74, 6) is 0.551. The highest BCUT2D eigenvalue weighted by Gasteiger charge is 2.09. The van der Waals surface area contributed by atoms with Crippen molar-refractivity contribution < 1.29 is 0 Å². The molecule has 4 heteroatoms. The number of aryl methyl sites for hydroxylation is 1. The summed E-state index contributed by atoms with van der Waals surface area (Å²) in [5.41, 5.74) is 1.77. The molecule has 0 fully saturated rings. The Kier molecular flexibility index (Phi) is 4.93. The average molecular weight is 283 g/mol. The van der Waals surface area contributed by atoms with Crippen molar-refractivity contribution in [1.29, 1.82) is 0 Å². The predicted molar refractivity (Wildman–Crippen MR) is 89.0 cm³/mol. The van der Waals surface area contributed by atoms with Crippen molar-refractivity contribution in [3.05, 3.63) is 59.4 Å². The van der Waals surface area contributed by atoms with Gasteiger partial charge in [-0.05, 0) is 24.1 Å². The number of rotatable bonds is 7. The van der Waals surface area contributed by atoms with E-state index in [0.29, 0.717) is 29.9 Å². The van der Waals surface area contributed by atoms with Gasteiger partial charge in [0.1, 0.15) is 0 Å². The first-order valence-electron chi connectivity index (χ1n) is 7.19. The Balaban J connectivity index is 2.49. The third kappa shape index (κ3) is 3.40. The second kappa shape index (κ2) is 6.88. The molecule has 4 nitrogen and oxygen atoms in total. The average Bonchev–Trinajstić information content (AvgIpc) is 2.48. The van der Waals surface area contributed by atoms with E-state index in [4.69, 9.17) is 0 Å². The van der Waals surface area contributed by atoms with Gasteiger partial charge < -0.3 is 4.90 Å². The van der Waals surface area contributed by atoms with E-state index < -0.39 is 0 Å². The third-order valence-corrected chi connectivity index (χ3v) is 3.29. The van der Waals surface area contributed by atoms with Gasteiger partial charge >= 0.3 is 0 Å². The van der Waals surface area contributed by atoms with Gasteiger partial charge in [-0.1, -0.05) is 31.6 Å². The summed E-state index contributed by atoms with van der Waals surface area (Å²) in [6.07, 6.45) is 5.58. The summed E-state index contributed by atoms with van der Waals surface area (Å²) < 4.78 is 0. The summed E-state index contributed by atoms with van der Waals surface area (Å²) in [7, 11) is 0. The third-order valence-electron chi connectivity index (χ3n) is 3.29. The van der Waals surface area contributed by atoms with Crippen LogP contribution in [0.3, 0.4) is 0 Å². The summed E-state index contributed by atoms with van der Waals surface area (Å²) in [6, 6.07) is 5.88. The van der Waals surface area contributed by atoms with Crippen LogP contribution in [0.1, 0.15) is 18.9 Å². The highest BCUT2D eigenvalue weighted by molar-refractivity contribution is 5.79. The molecule has 0 aliphatic heterocycles. The summed E-state index contributed by atoms with van der Waals surface area (Å²) in [4.78, 5) is 21.6. The molecule has 0 amide bonds. The molecule has 21 heavy (non-hydrogen) atoms. The lowest BCUT2D eigenvalue weighted by molar-refractivity contribution is 0.890. The number of hydrogen-bond donors (Lipinski definition) is 1. The molecular formula is C17H21N3O. The number of hydrogen-bond acceptors (Lipinski definition) is 3. The minimum absolute atomic E-state index is 0.105. The SMILES string of the molecule is C=CCN(CC=C)c1nc2ccc(CCC)cc2c(=O)[nH]1. The number of aromatic amines is 1. The molecule has 0 aliphatic rings. The van der Waals surface area contributed by atoms with Gasteiger partial charge in [-0.3, -0.25) is 9.78 Å². The van der Waals surface area contributed by atoms with Crippen molar-refractivity contribution in [2.45, 2.75) is 19.8 Å². The van der Waals surface area contributed by atoms with E-state index in [1.54, 1.807) is 12.2 Å². The molecule has 0 atom stereocenters. The van der Waals surface area contributed by atoms with Crippen LogP contribution in [-0.2, 0) is 6.42 Å². The highest BCUT2D eigenvalue weighted by Crippen LogP contribution is 2.15. The molecular weight excluding hydrogens is 262 g/mol. The summed E-state index contributed by atoms with van der Waals surface area (Å²) >= 11 is 0. The van der Waals surface area contributed by atoms with Gasteiger partial charge in [0.15, 0.2) is 0 Å². The van der Waals surface area contributed by atoms with Crippen LogP contribution in [-0.4, -0.2) is 23.1 Å². The maximum absolute atomic E-state index is 12.3. The Morgan fingerprint density at radius 2 is 2.00 bits per heavy atom. The Bertz CT molecular complexity index is 693. The molecule has 1 N–H and O–H groups in total. The van der Waals surface area contributed by atoms with Gasteiger partial charge in [0.05, 0.1) is 10.9 Å². The lowest BCUT2D eigenvalue weighted by Gasteiger charge is -2.19. The fourth-order valence-electron chi connectivity index (χ4n) is 2.33. The molecule has 1 aromatic carbocycles. The van der Waals surface area contributed by atoms with Crippen molar-refractivity contribution >= 4 is 16.9 Å². The summed E-state index contributed by atoms with van der Waals surface area (Å²) in [6.45, 7) is 10.8. The molecule has 2 rings (SSSR count). The van der Waals surface area contributed by atoms with Crippen LogP contribution < -0.4 is 10.5 Å². The molecule has 0 radical (unpaired) electrons. The van der Waals surface area contributed by atoms with Crippen LogP contribution in [0.15, 0.2) is 48.3 Å². The molecule has 0 bridgehead atoms. The first kappa shape index (κ1) is 15.0. The van der Waals surface area contributed by atoms with E-state index in [1.807, 2.05) is 23.1 Å². The van der Waals surface area contributed by atoms with E-state index in [2.05, 4.69) is 30.0 Å². The van der Waals surface area contributed by atoms with Crippen molar-refractivity contribution in [3.63, 3.8) is 0 Å². The van der Waals surface area contributed by atoms with Crippen LogP contribution >= 0.6 is 0 Å². The molecule has 0 saturated heterocycles. The molecule has 1 heterocycles. The first-order valence-corrected chi connectivity index (χ1v) is 7.19. The largest absolute Gasteiger partial charge is 0.335 e. The normalized spacial score (nSPS) is 10.5. The lowest BCUT2D eigenvalue weighted by Crippen LogP contribution is -2.27. The van der Waals surface area contributed by atoms with Crippen molar-refractivity contribution in [2.75, 3.05) is 18.0 Å². The van der Waals surface area contributed by atoms with E-state index in [1.165, 1.54) is 5.56 Å². The van der Waals surface area contributed by atoms with Crippen molar-refractivity contribution in [3.8, 4) is 0 Å². The number of H-pyrrole nitrogens is 1. The Morgan fingerprint density at radius 3 is 2.62 bits per heavy atom. The van der Waals surface area contributed by atoms with E-state index in [9.17, 15) is 4.79 Å². The van der Waals surface area contributed by atoms with Gasteiger partial charge in [-0.15, -0.1) is 13.2 Å². The molecule has 2 aromatic rings. The topological polar surface area (TPSA) is 49.0 Å². The second-order valence-corrected chi connectivity index (χ2v) is 4.97. The van der Waals surface area contributed by atoms with E-state index >= 15 is 0 Å². The predicted octanol–water partition coefficient (Wildman–Crippen LogP) is 3.05. The quantitative estimate of drug-likeness (QED) is 0.795. The molecule has 1 aromatic heterocycles. The zero-order valence-corrected chi connectivity index (χ0v) is 12.4. The monoisotopic (exact) mass is 283 g/mol. The lowest BCUT2D eigenvalue weighted by atomic mass is 10.1. The zero-order valence-electron chi connectivity index (χ0n) is 12.4. The van der Waals surface area contributed by atoms with Gasteiger partial charge in [0.25, 0.3) is 5.56 Å². The molecule has 0 spiro atoms. The smallest absolute Gasteiger partial charge is 0.260 e. The molecule has 110 valence electrons. The van der Waals surface area contributed by atoms with E-state index in [0.717, 1.165) is 12.8 Å². The number of nitrogens with zero attached hydrogens (tertiary/aromatic N) is 2. The van der Waals surface area contributed by atoms with Crippen LogP contribution in [0.2, 0.25) is 0 Å². The Hall–Kier alpha value is -2.36. The zero-order chi connectivity index (χ0) is 15.2. The first-order chi connectivity index (χ1) is 10.2. The number of aromatic nitrogens is 2. The number of nitrogens with one attached hydrogen (secondary N) is 1. The maximum Gasteiger partial charge on any atom is 0.260 e. The van der Waals surface area contributed by atoms with E-state index in [-0.39, 0.29) is 5.56 Å². The van der Waals surface area contributed by atoms with Crippen LogP contribution in [0, 0.1) is 0 Å². The number of fused-ring (bicyclic) bond motifs is 1. The standard InChI is InChI=1S/C17H21N3O/c1-4-7-13-8-9-15-14(12-13)16(21)19-17(18-15)20(10-5-2)11-6-3/h5-6,8-9,12H,2-4,7,10-11H2,1H3,(H,18,19,21). The van der Waals surface area contributed by atoms with Gasteiger partial charge in [0, 0.05) is 13.1 Å². The fourth-order valence-corrected chi connectivity index (χ4v) is 2.33. The van der Waals surface area contributed by atoms with Gasteiger partial charge in [-0.25, -0.2) is 4.98 Å².